The molecule has 1 aromatic carbocycles. The van der Waals surface area contributed by atoms with Crippen molar-refractivity contribution in [1.82, 2.24) is 14.6 Å². The lowest BCUT2D eigenvalue weighted by Gasteiger charge is -2.14. The van der Waals surface area contributed by atoms with Gasteiger partial charge >= 0.3 is 0 Å². The van der Waals surface area contributed by atoms with E-state index < -0.39 is 0 Å². The third-order valence-corrected chi connectivity index (χ3v) is 3.75. The van der Waals surface area contributed by atoms with Gasteiger partial charge in [-0.1, -0.05) is 30.3 Å². The van der Waals surface area contributed by atoms with Gasteiger partial charge in [-0.2, -0.15) is 5.10 Å². The van der Waals surface area contributed by atoms with Crippen molar-refractivity contribution in [2.75, 3.05) is 5.32 Å². The number of nitrogens with one attached hydrogen (secondary N) is 1. The second-order valence-electron chi connectivity index (χ2n) is 4.35. The normalized spacial score (nSPS) is 12.5. The SMILES string of the molecule is C[C@@H](Nc1ccn2ncc(I)c2n1)c1ccccc1. The fourth-order valence-electron chi connectivity index (χ4n) is 1.97. The van der Waals surface area contributed by atoms with Crippen molar-refractivity contribution in [3.05, 3.63) is 57.9 Å². The summed E-state index contributed by atoms with van der Waals surface area (Å²) in [6.07, 6.45) is 3.73. The molecule has 0 spiro atoms. The molecule has 0 saturated carbocycles. The number of hydrogen-bond acceptors (Lipinski definition) is 3. The summed E-state index contributed by atoms with van der Waals surface area (Å²) in [4.78, 5) is 4.58. The van der Waals surface area contributed by atoms with Crippen LogP contribution in [0.25, 0.3) is 5.65 Å². The van der Waals surface area contributed by atoms with Gasteiger partial charge in [0.25, 0.3) is 0 Å². The van der Waals surface area contributed by atoms with Gasteiger partial charge in [-0.15, -0.1) is 0 Å². The number of anilines is 1. The second kappa shape index (κ2) is 5.16. The molecule has 0 aliphatic rings. The first kappa shape index (κ1) is 12.4. The van der Waals surface area contributed by atoms with Crippen LogP contribution >= 0.6 is 22.6 Å². The quantitative estimate of drug-likeness (QED) is 0.724. The summed E-state index contributed by atoms with van der Waals surface area (Å²) in [6.45, 7) is 2.13. The fourth-order valence-corrected chi connectivity index (χ4v) is 2.46. The van der Waals surface area contributed by atoms with E-state index in [-0.39, 0.29) is 6.04 Å². The average Bonchev–Trinajstić information content (AvgIpc) is 2.81. The van der Waals surface area contributed by atoms with Crippen LogP contribution in [0.3, 0.4) is 0 Å². The van der Waals surface area contributed by atoms with Crippen molar-refractivity contribution in [3.63, 3.8) is 0 Å². The molecule has 0 saturated heterocycles. The van der Waals surface area contributed by atoms with Crippen LogP contribution < -0.4 is 5.32 Å². The van der Waals surface area contributed by atoms with E-state index in [1.807, 2.05) is 36.7 Å². The first-order valence-corrected chi connectivity index (χ1v) is 7.13. The van der Waals surface area contributed by atoms with Gasteiger partial charge in [-0.05, 0) is 41.1 Å². The van der Waals surface area contributed by atoms with E-state index in [0.29, 0.717) is 0 Å². The summed E-state index contributed by atoms with van der Waals surface area (Å²) in [7, 11) is 0. The topological polar surface area (TPSA) is 42.2 Å². The zero-order valence-corrected chi connectivity index (χ0v) is 12.6. The van der Waals surface area contributed by atoms with Crippen LogP contribution in [-0.4, -0.2) is 14.6 Å². The molecule has 0 fully saturated rings. The largest absolute Gasteiger partial charge is 0.363 e. The van der Waals surface area contributed by atoms with Crippen molar-refractivity contribution < 1.29 is 0 Å². The summed E-state index contributed by atoms with van der Waals surface area (Å²) in [5.41, 5.74) is 2.12. The molecule has 2 heterocycles. The summed E-state index contributed by atoms with van der Waals surface area (Å²) < 4.78 is 2.83. The molecule has 19 heavy (non-hydrogen) atoms. The van der Waals surface area contributed by atoms with Gasteiger partial charge in [0.05, 0.1) is 9.77 Å². The molecule has 0 aliphatic carbocycles. The van der Waals surface area contributed by atoms with E-state index in [1.165, 1.54) is 5.56 Å². The molecule has 5 heteroatoms. The number of aromatic nitrogens is 3. The van der Waals surface area contributed by atoms with Gasteiger partial charge < -0.3 is 5.32 Å². The van der Waals surface area contributed by atoms with E-state index in [0.717, 1.165) is 15.0 Å². The third kappa shape index (κ3) is 2.56. The summed E-state index contributed by atoms with van der Waals surface area (Å²) in [6, 6.07) is 12.5. The Kier molecular flexibility index (Phi) is 3.37. The highest BCUT2D eigenvalue weighted by molar-refractivity contribution is 14.1. The molecule has 96 valence electrons. The number of nitrogens with zero attached hydrogens (tertiary/aromatic N) is 3. The average molecular weight is 364 g/mol. The smallest absolute Gasteiger partial charge is 0.170 e. The molecule has 4 nitrogen and oxygen atoms in total. The number of hydrogen-bond donors (Lipinski definition) is 1. The molecule has 3 aromatic rings. The maximum absolute atomic E-state index is 4.58. The minimum absolute atomic E-state index is 0.219. The third-order valence-electron chi connectivity index (χ3n) is 2.99. The van der Waals surface area contributed by atoms with Crippen molar-refractivity contribution in [3.8, 4) is 0 Å². The number of rotatable bonds is 3. The van der Waals surface area contributed by atoms with Gasteiger partial charge in [0.1, 0.15) is 5.82 Å². The van der Waals surface area contributed by atoms with Gasteiger partial charge in [-0.25, -0.2) is 9.50 Å². The lowest BCUT2D eigenvalue weighted by Crippen LogP contribution is -2.08. The Balaban J connectivity index is 1.87. The number of fused-ring (bicyclic) bond motifs is 1. The molecule has 1 atom stereocenters. The van der Waals surface area contributed by atoms with Crippen LogP contribution in [-0.2, 0) is 0 Å². The highest BCUT2D eigenvalue weighted by Gasteiger charge is 2.07. The van der Waals surface area contributed by atoms with Crippen LogP contribution in [0.2, 0.25) is 0 Å². The molecular weight excluding hydrogens is 351 g/mol. The number of halogens is 1. The molecule has 2 aromatic heterocycles. The minimum Gasteiger partial charge on any atom is -0.363 e. The number of benzene rings is 1. The molecule has 1 N–H and O–H groups in total. The minimum atomic E-state index is 0.219. The maximum atomic E-state index is 4.58. The lowest BCUT2D eigenvalue weighted by molar-refractivity contribution is 0.867. The molecular formula is C14H13IN4. The molecule has 0 bridgehead atoms. The van der Waals surface area contributed by atoms with E-state index in [1.54, 1.807) is 4.52 Å². The van der Waals surface area contributed by atoms with Crippen LogP contribution in [0.5, 0.6) is 0 Å². The maximum Gasteiger partial charge on any atom is 0.170 e. The van der Waals surface area contributed by atoms with Gasteiger partial charge in [0.2, 0.25) is 0 Å². The first-order valence-electron chi connectivity index (χ1n) is 6.05. The van der Waals surface area contributed by atoms with Crippen molar-refractivity contribution >= 4 is 34.1 Å². The van der Waals surface area contributed by atoms with E-state index in [9.17, 15) is 0 Å². The van der Waals surface area contributed by atoms with Crippen molar-refractivity contribution in [1.29, 1.82) is 0 Å². The molecule has 0 radical (unpaired) electrons. The van der Waals surface area contributed by atoms with E-state index in [2.05, 4.69) is 57.0 Å². The monoisotopic (exact) mass is 364 g/mol. The van der Waals surface area contributed by atoms with Gasteiger partial charge in [0, 0.05) is 12.2 Å². The van der Waals surface area contributed by atoms with Gasteiger partial charge in [0.15, 0.2) is 5.65 Å². The highest BCUT2D eigenvalue weighted by atomic mass is 127. The Labute approximate surface area is 125 Å². The molecule has 0 amide bonds. The lowest BCUT2D eigenvalue weighted by atomic mass is 10.1. The van der Waals surface area contributed by atoms with Crippen molar-refractivity contribution in [2.45, 2.75) is 13.0 Å². The molecule has 0 unspecified atom stereocenters. The molecule has 0 aliphatic heterocycles. The fraction of sp³-hybridized carbons (Fsp3) is 0.143. The van der Waals surface area contributed by atoms with Gasteiger partial charge in [-0.3, -0.25) is 0 Å². The zero-order valence-electron chi connectivity index (χ0n) is 10.4. The van der Waals surface area contributed by atoms with Crippen LogP contribution in [0.15, 0.2) is 48.8 Å². The highest BCUT2D eigenvalue weighted by Crippen LogP contribution is 2.19. The predicted molar refractivity (Wildman–Crippen MR) is 84.2 cm³/mol. The Bertz CT molecular complexity index is 693. The van der Waals surface area contributed by atoms with Crippen LogP contribution in [0.1, 0.15) is 18.5 Å². The van der Waals surface area contributed by atoms with E-state index >= 15 is 0 Å². The summed E-state index contributed by atoms with van der Waals surface area (Å²) >= 11 is 2.24. The Hall–Kier alpha value is -1.63. The summed E-state index contributed by atoms with van der Waals surface area (Å²) in [5.74, 6) is 0.863. The second-order valence-corrected chi connectivity index (χ2v) is 5.51. The van der Waals surface area contributed by atoms with Crippen LogP contribution in [0, 0.1) is 3.57 Å². The zero-order chi connectivity index (χ0) is 13.2. The Morgan fingerprint density at radius 1 is 1.21 bits per heavy atom. The van der Waals surface area contributed by atoms with E-state index in [4.69, 9.17) is 0 Å². The first-order chi connectivity index (χ1) is 9.24. The predicted octanol–water partition coefficient (Wildman–Crippen LogP) is 3.51. The Morgan fingerprint density at radius 2 is 2.00 bits per heavy atom. The van der Waals surface area contributed by atoms with Crippen LogP contribution in [0.4, 0.5) is 5.82 Å². The summed E-state index contributed by atoms with van der Waals surface area (Å²) in [5, 5.41) is 7.63. The molecule has 3 rings (SSSR count). The standard InChI is InChI=1S/C14H13IN4/c1-10(11-5-3-2-4-6-11)17-13-7-8-19-14(18-13)12(15)9-16-19/h2-10H,1H3,(H,17,18)/t10-/m1/s1. The van der Waals surface area contributed by atoms with Crippen molar-refractivity contribution in [2.24, 2.45) is 0 Å². The Morgan fingerprint density at radius 3 is 2.79 bits per heavy atom.